The predicted molar refractivity (Wildman–Crippen MR) is 89.1 cm³/mol. The van der Waals surface area contributed by atoms with E-state index >= 15 is 0 Å². The second-order valence-corrected chi connectivity index (χ2v) is 5.84. The fourth-order valence-electron chi connectivity index (χ4n) is 2.40. The fraction of sp³-hybridized carbons (Fsp3) is 0.333. The van der Waals surface area contributed by atoms with Gasteiger partial charge in [0.2, 0.25) is 0 Å². The molecular weight excluding hydrogens is 328 g/mol. The number of ether oxygens (including phenoxy) is 1. The Labute approximate surface area is 144 Å². The van der Waals surface area contributed by atoms with E-state index in [4.69, 9.17) is 4.74 Å². The Balaban J connectivity index is 2.43. The van der Waals surface area contributed by atoms with Crippen molar-refractivity contribution in [3.8, 4) is 11.5 Å². The number of ketones is 1. The number of hydrogen-bond acceptors (Lipinski definition) is 7. The SMILES string of the molecule is CC1CC=CC(=O)C(O)C(O)CC=Cc2cc(O)cc(O)c2C(=O)O1. The van der Waals surface area contributed by atoms with Crippen LogP contribution in [-0.4, -0.2) is 50.5 Å². The van der Waals surface area contributed by atoms with Crippen molar-refractivity contribution in [3.63, 3.8) is 0 Å². The van der Waals surface area contributed by atoms with E-state index in [9.17, 15) is 30.0 Å². The van der Waals surface area contributed by atoms with Crippen molar-refractivity contribution >= 4 is 17.8 Å². The van der Waals surface area contributed by atoms with Crippen LogP contribution in [0, 0.1) is 0 Å². The molecule has 1 aliphatic rings. The van der Waals surface area contributed by atoms with Gasteiger partial charge in [-0.15, -0.1) is 0 Å². The number of phenols is 2. The molecule has 0 fully saturated rings. The molecule has 3 unspecified atom stereocenters. The molecule has 4 N–H and O–H groups in total. The van der Waals surface area contributed by atoms with E-state index < -0.39 is 35.8 Å². The molecule has 0 saturated heterocycles. The summed E-state index contributed by atoms with van der Waals surface area (Å²) in [5.74, 6) is -2.11. The molecule has 1 aromatic carbocycles. The number of phenolic OH excluding ortho intramolecular Hbond substituents is 2. The molecule has 2 rings (SSSR count). The van der Waals surface area contributed by atoms with E-state index in [0.717, 1.165) is 12.1 Å². The van der Waals surface area contributed by atoms with Crippen molar-refractivity contribution in [2.75, 3.05) is 0 Å². The van der Waals surface area contributed by atoms with Gasteiger partial charge in [-0.1, -0.05) is 18.2 Å². The summed E-state index contributed by atoms with van der Waals surface area (Å²) in [7, 11) is 0. The molecule has 0 bridgehead atoms. The molecule has 7 nitrogen and oxygen atoms in total. The van der Waals surface area contributed by atoms with Gasteiger partial charge in [0, 0.05) is 12.5 Å². The molecule has 0 aromatic heterocycles. The molecule has 134 valence electrons. The van der Waals surface area contributed by atoms with Crippen LogP contribution in [0.4, 0.5) is 0 Å². The van der Waals surface area contributed by atoms with Gasteiger partial charge >= 0.3 is 5.97 Å². The maximum Gasteiger partial charge on any atom is 0.342 e. The highest BCUT2D eigenvalue weighted by molar-refractivity contribution is 5.97. The number of fused-ring (bicyclic) bond motifs is 1. The zero-order chi connectivity index (χ0) is 18.6. The Morgan fingerprint density at radius 3 is 2.44 bits per heavy atom. The minimum atomic E-state index is -1.57. The summed E-state index contributed by atoms with van der Waals surface area (Å²) < 4.78 is 5.24. The van der Waals surface area contributed by atoms with E-state index in [1.807, 2.05) is 0 Å². The smallest absolute Gasteiger partial charge is 0.342 e. The molecular formula is C18H20O7. The monoisotopic (exact) mass is 348 g/mol. The van der Waals surface area contributed by atoms with Crippen molar-refractivity contribution in [2.24, 2.45) is 0 Å². The van der Waals surface area contributed by atoms with Gasteiger partial charge in [0.1, 0.15) is 29.3 Å². The van der Waals surface area contributed by atoms with E-state index in [0.29, 0.717) is 0 Å². The molecule has 1 heterocycles. The Bertz CT molecular complexity index is 720. The van der Waals surface area contributed by atoms with Gasteiger partial charge in [-0.2, -0.15) is 0 Å². The molecule has 0 saturated carbocycles. The number of hydrogen-bond donors (Lipinski definition) is 4. The lowest BCUT2D eigenvalue weighted by atomic mass is 10.0. The summed E-state index contributed by atoms with van der Waals surface area (Å²) in [6.45, 7) is 1.61. The molecule has 1 aliphatic heterocycles. The predicted octanol–water partition coefficient (Wildman–Crippen LogP) is 1.30. The molecule has 3 atom stereocenters. The molecule has 0 spiro atoms. The van der Waals surface area contributed by atoms with Crippen molar-refractivity contribution in [1.82, 2.24) is 0 Å². The van der Waals surface area contributed by atoms with Gasteiger partial charge in [-0.05, 0) is 31.1 Å². The first kappa shape index (κ1) is 18.7. The number of carbonyl (C=O) groups is 2. The third-order valence-corrected chi connectivity index (χ3v) is 3.73. The summed E-state index contributed by atoms with van der Waals surface area (Å²) in [5, 5.41) is 39.3. The summed E-state index contributed by atoms with van der Waals surface area (Å²) in [6.07, 6.45) is 2.05. The molecule has 1 aromatic rings. The maximum absolute atomic E-state index is 12.3. The first-order valence-electron chi connectivity index (χ1n) is 7.79. The summed E-state index contributed by atoms with van der Waals surface area (Å²) in [5.41, 5.74) is 0.0726. The van der Waals surface area contributed by atoms with Crippen LogP contribution in [0.2, 0.25) is 0 Å². The number of benzene rings is 1. The largest absolute Gasteiger partial charge is 0.508 e. The first-order valence-corrected chi connectivity index (χ1v) is 7.79. The zero-order valence-corrected chi connectivity index (χ0v) is 13.6. The van der Waals surface area contributed by atoms with Crippen LogP contribution in [0.1, 0.15) is 35.7 Å². The zero-order valence-electron chi connectivity index (χ0n) is 13.6. The minimum absolute atomic E-state index is 0.0674. The first-order chi connectivity index (χ1) is 11.8. The second kappa shape index (κ2) is 7.96. The van der Waals surface area contributed by atoms with Crippen LogP contribution >= 0.6 is 0 Å². The van der Waals surface area contributed by atoms with Crippen molar-refractivity contribution in [1.29, 1.82) is 0 Å². The van der Waals surface area contributed by atoms with Crippen LogP contribution in [0.5, 0.6) is 11.5 Å². The number of aliphatic hydroxyl groups is 2. The number of rotatable bonds is 0. The van der Waals surface area contributed by atoms with E-state index in [-0.39, 0.29) is 29.7 Å². The van der Waals surface area contributed by atoms with Gasteiger partial charge in [0.05, 0.1) is 6.10 Å². The lowest BCUT2D eigenvalue weighted by molar-refractivity contribution is -0.127. The van der Waals surface area contributed by atoms with Crippen molar-refractivity contribution in [2.45, 2.75) is 38.1 Å². The molecule has 7 heteroatoms. The molecule has 25 heavy (non-hydrogen) atoms. The summed E-state index contributed by atoms with van der Waals surface area (Å²) in [4.78, 5) is 24.1. The van der Waals surface area contributed by atoms with Crippen LogP contribution in [-0.2, 0) is 9.53 Å². The van der Waals surface area contributed by atoms with E-state index in [1.54, 1.807) is 6.92 Å². The summed E-state index contributed by atoms with van der Waals surface area (Å²) >= 11 is 0. The molecule has 0 amide bonds. The Kier molecular flexibility index (Phi) is 5.95. The quantitative estimate of drug-likeness (QED) is 0.521. The maximum atomic E-state index is 12.3. The Hall–Kier alpha value is -2.64. The van der Waals surface area contributed by atoms with Gasteiger partial charge in [-0.3, -0.25) is 4.79 Å². The topological polar surface area (TPSA) is 124 Å². The van der Waals surface area contributed by atoms with Crippen LogP contribution < -0.4 is 0 Å². The Morgan fingerprint density at radius 2 is 1.72 bits per heavy atom. The van der Waals surface area contributed by atoms with Crippen molar-refractivity contribution < 1.29 is 34.8 Å². The average Bonchev–Trinajstić information content (AvgIpc) is 2.52. The highest BCUT2D eigenvalue weighted by Crippen LogP contribution is 2.29. The van der Waals surface area contributed by atoms with Crippen LogP contribution in [0.25, 0.3) is 6.08 Å². The van der Waals surface area contributed by atoms with Gasteiger partial charge < -0.3 is 25.2 Å². The van der Waals surface area contributed by atoms with Crippen LogP contribution in [0.3, 0.4) is 0 Å². The lowest BCUT2D eigenvalue weighted by Gasteiger charge is -2.16. The highest BCUT2D eigenvalue weighted by Gasteiger charge is 2.23. The third kappa shape index (κ3) is 4.68. The fourth-order valence-corrected chi connectivity index (χ4v) is 2.40. The van der Waals surface area contributed by atoms with Crippen molar-refractivity contribution in [3.05, 3.63) is 41.5 Å². The van der Waals surface area contributed by atoms with Crippen LogP contribution in [0.15, 0.2) is 30.4 Å². The number of cyclic esters (lactones) is 1. The van der Waals surface area contributed by atoms with Gasteiger partial charge in [0.25, 0.3) is 0 Å². The van der Waals surface area contributed by atoms with E-state index in [2.05, 4.69) is 0 Å². The van der Waals surface area contributed by atoms with Gasteiger partial charge in [-0.25, -0.2) is 4.79 Å². The number of aromatic hydroxyl groups is 2. The second-order valence-electron chi connectivity index (χ2n) is 5.84. The number of esters is 1. The van der Waals surface area contributed by atoms with Gasteiger partial charge in [0.15, 0.2) is 5.78 Å². The molecule has 0 aliphatic carbocycles. The standard InChI is InChI=1S/C18H20O7/c1-10-4-2-6-13(20)17(23)14(21)7-3-5-11-8-12(19)9-15(22)16(11)18(24)25-10/h2-3,5-6,8-10,14,17,19,21-23H,4,7H2,1H3. The average molecular weight is 348 g/mol. The number of aliphatic hydroxyl groups excluding tert-OH is 2. The molecule has 0 radical (unpaired) electrons. The summed E-state index contributed by atoms with van der Waals surface area (Å²) in [6, 6.07) is 2.29. The van der Waals surface area contributed by atoms with E-state index in [1.165, 1.54) is 24.3 Å². The Morgan fingerprint density at radius 1 is 1.04 bits per heavy atom. The minimum Gasteiger partial charge on any atom is -0.508 e. The normalized spacial score (nSPS) is 25.2. The highest BCUT2D eigenvalue weighted by atomic mass is 16.5. The lowest BCUT2D eigenvalue weighted by Crippen LogP contribution is -2.32. The third-order valence-electron chi connectivity index (χ3n) is 3.73. The number of carbonyl (C=O) groups excluding carboxylic acids is 2.